The smallest absolute Gasteiger partial charge is 0.123 e. The molecule has 1 aromatic carbocycles. The third-order valence-electron chi connectivity index (χ3n) is 1.37. The van der Waals surface area contributed by atoms with Gasteiger partial charge >= 0.3 is 0 Å². The van der Waals surface area contributed by atoms with Crippen molar-refractivity contribution in [3.63, 3.8) is 0 Å². The van der Waals surface area contributed by atoms with Gasteiger partial charge in [0, 0.05) is 6.04 Å². The molecule has 1 aromatic rings. The van der Waals surface area contributed by atoms with E-state index in [0.717, 1.165) is 5.56 Å². The first-order chi connectivity index (χ1) is 4.70. The van der Waals surface area contributed by atoms with Gasteiger partial charge in [-0.2, -0.15) is 0 Å². The Kier molecular flexibility index (Phi) is 4.30. The topological polar surface area (TPSA) is 26.0 Å². The van der Waals surface area contributed by atoms with Crippen molar-refractivity contribution in [1.29, 1.82) is 0 Å². The molecule has 1 atom stereocenters. The van der Waals surface area contributed by atoms with E-state index >= 15 is 0 Å². The molecule has 62 valence electrons. The molecule has 1 unspecified atom stereocenters. The monoisotopic (exact) mass is 219 g/mol. The first-order valence-corrected chi connectivity index (χ1v) is 3.21. The predicted octanol–water partition coefficient (Wildman–Crippen LogP) is 2.42. The number of halogens is 2. The molecule has 0 saturated carbocycles. The van der Waals surface area contributed by atoms with Crippen LogP contribution in [0.1, 0.15) is 18.5 Å². The normalized spacial score (nSPS) is 11.9. The number of benzene rings is 1. The molecule has 0 aliphatic carbocycles. The Labute approximate surface area is 76.2 Å². The highest BCUT2D eigenvalue weighted by Gasteiger charge is 1.98. The van der Waals surface area contributed by atoms with Crippen LogP contribution in [-0.2, 0) is 0 Å². The average Bonchev–Trinajstić information content (AvgIpc) is 1.88. The first-order valence-electron chi connectivity index (χ1n) is 3.21. The molecule has 0 bridgehead atoms. The summed E-state index contributed by atoms with van der Waals surface area (Å²) in [6, 6.07) is 6.24. The summed E-state index contributed by atoms with van der Waals surface area (Å²) in [6.45, 7) is 1.83. The van der Waals surface area contributed by atoms with Crippen LogP contribution in [0.5, 0.6) is 0 Å². The molecule has 0 aliphatic heterocycles. The van der Waals surface area contributed by atoms with Crippen LogP contribution in [-0.4, -0.2) is 0 Å². The maximum atomic E-state index is 12.5. The molecule has 3 heteroatoms. The molecule has 2 N–H and O–H groups in total. The van der Waals surface area contributed by atoms with E-state index < -0.39 is 0 Å². The van der Waals surface area contributed by atoms with E-state index in [4.69, 9.17) is 5.73 Å². The van der Waals surface area contributed by atoms with Crippen molar-refractivity contribution < 1.29 is 4.39 Å². The SMILES string of the molecule is Br.CC(N)c1cccc(F)c1. The van der Waals surface area contributed by atoms with Gasteiger partial charge in [0.05, 0.1) is 0 Å². The van der Waals surface area contributed by atoms with E-state index in [1.165, 1.54) is 12.1 Å². The highest BCUT2D eigenvalue weighted by molar-refractivity contribution is 8.93. The van der Waals surface area contributed by atoms with Crippen molar-refractivity contribution in [3.05, 3.63) is 35.6 Å². The van der Waals surface area contributed by atoms with Crippen LogP contribution in [0.25, 0.3) is 0 Å². The van der Waals surface area contributed by atoms with Crippen molar-refractivity contribution >= 4 is 17.0 Å². The van der Waals surface area contributed by atoms with Crippen LogP contribution in [0.3, 0.4) is 0 Å². The summed E-state index contributed by atoms with van der Waals surface area (Å²) in [4.78, 5) is 0. The van der Waals surface area contributed by atoms with E-state index in [-0.39, 0.29) is 28.8 Å². The highest BCUT2D eigenvalue weighted by Crippen LogP contribution is 2.09. The molecule has 0 spiro atoms. The fourth-order valence-corrected chi connectivity index (χ4v) is 0.790. The molecule has 1 nitrogen and oxygen atoms in total. The van der Waals surface area contributed by atoms with Crippen molar-refractivity contribution in [2.24, 2.45) is 5.73 Å². The van der Waals surface area contributed by atoms with Crippen LogP contribution >= 0.6 is 17.0 Å². The van der Waals surface area contributed by atoms with Gasteiger partial charge in [0.1, 0.15) is 5.82 Å². The standard InChI is InChI=1S/C8H10FN.BrH/c1-6(10)7-3-2-4-8(9)5-7;/h2-6H,10H2,1H3;1H. The van der Waals surface area contributed by atoms with Crippen molar-refractivity contribution in [2.45, 2.75) is 13.0 Å². The van der Waals surface area contributed by atoms with Crippen molar-refractivity contribution in [1.82, 2.24) is 0 Å². The van der Waals surface area contributed by atoms with E-state index in [1.54, 1.807) is 6.07 Å². The molecular weight excluding hydrogens is 209 g/mol. The van der Waals surface area contributed by atoms with Gasteiger partial charge in [-0.15, -0.1) is 17.0 Å². The lowest BCUT2D eigenvalue weighted by atomic mass is 10.1. The second-order valence-electron chi connectivity index (χ2n) is 2.34. The van der Waals surface area contributed by atoms with E-state index in [1.807, 2.05) is 13.0 Å². The highest BCUT2D eigenvalue weighted by atomic mass is 79.9. The second-order valence-corrected chi connectivity index (χ2v) is 2.34. The number of nitrogens with two attached hydrogens (primary N) is 1. The number of rotatable bonds is 1. The summed E-state index contributed by atoms with van der Waals surface area (Å²) >= 11 is 0. The van der Waals surface area contributed by atoms with Gasteiger partial charge in [-0.25, -0.2) is 4.39 Å². The Morgan fingerprint density at radius 3 is 2.45 bits per heavy atom. The van der Waals surface area contributed by atoms with Gasteiger partial charge in [-0.1, -0.05) is 12.1 Å². The van der Waals surface area contributed by atoms with Gasteiger partial charge in [0.15, 0.2) is 0 Å². The maximum absolute atomic E-state index is 12.5. The Morgan fingerprint density at radius 2 is 2.09 bits per heavy atom. The lowest BCUT2D eigenvalue weighted by Crippen LogP contribution is -2.04. The Hall–Kier alpha value is -0.410. The zero-order valence-electron chi connectivity index (χ0n) is 6.25. The number of hydrogen-bond donors (Lipinski definition) is 1. The lowest BCUT2D eigenvalue weighted by Gasteiger charge is -2.03. The third kappa shape index (κ3) is 2.99. The van der Waals surface area contributed by atoms with E-state index in [0.29, 0.717) is 0 Å². The minimum absolute atomic E-state index is 0. The fourth-order valence-electron chi connectivity index (χ4n) is 0.790. The summed E-state index contributed by atoms with van der Waals surface area (Å²) < 4.78 is 12.5. The molecule has 11 heavy (non-hydrogen) atoms. The molecule has 0 fully saturated rings. The first kappa shape index (κ1) is 10.6. The van der Waals surface area contributed by atoms with Crippen LogP contribution in [0.2, 0.25) is 0 Å². The fraction of sp³-hybridized carbons (Fsp3) is 0.250. The van der Waals surface area contributed by atoms with Gasteiger partial charge in [-0.3, -0.25) is 0 Å². The molecule has 0 aliphatic rings. The summed E-state index contributed by atoms with van der Waals surface area (Å²) in [5, 5.41) is 0. The van der Waals surface area contributed by atoms with Gasteiger partial charge in [0.2, 0.25) is 0 Å². The molecule has 1 rings (SSSR count). The minimum Gasteiger partial charge on any atom is -0.324 e. The third-order valence-corrected chi connectivity index (χ3v) is 1.37. The van der Waals surface area contributed by atoms with Crippen molar-refractivity contribution in [3.8, 4) is 0 Å². The molecule has 0 radical (unpaired) electrons. The average molecular weight is 220 g/mol. The van der Waals surface area contributed by atoms with Gasteiger partial charge in [-0.05, 0) is 24.6 Å². The van der Waals surface area contributed by atoms with Crippen LogP contribution in [0.4, 0.5) is 4.39 Å². The largest absolute Gasteiger partial charge is 0.324 e. The number of hydrogen-bond acceptors (Lipinski definition) is 1. The zero-order chi connectivity index (χ0) is 7.56. The molecule has 0 heterocycles. The summed E-state index contributed by atoms with van der Waals surface area (Å²) in [5.74, 6) is -0.227. The predicted molar refractivity (Wildman–Crippen MR) is 49.3 cm³/mol. The van der Waals surface area contributed by atoms with Crippen molar-refractivity contribution in [2.75, 3.05) is 0 Å². The zero-order valence-corrected chi connectivity index (χ0v) is 7.96. The van der Waals surface area contributed by atoms with E-state index in [9.17, 15) is 4.39 Å². The molecule has 0 saturated heterocycles. The summed E-state index contributed by atoms with van der Waals surface area (Å²) in [7, 11) is 0. The second kappa shape index (κ2) is 4.46. The molecular formula is C8H11BrFN. The Morgan fingerprint density at radius 1 is 1.45 bits per heavy atom. The maximum Gasteiger partial charge on any atom is 0.123 e. The quantitative estimate of drug-likeness (QED) is 0.772. The summed E-state index contributed by atoms with van der Waals surface area (Å²) in [6.07, 6.45) is 0. The lowest BCUT2D eigenvalue weighted by molar-refractivity contribution is 0.622. The van der Waals surface area contributed by atoms with Crippen LogP contribution in [0.15, 0.2) is 24.3 Å². The van der Waals surface area contributed by atoms with Gasteiger partial charge in [0.25, 0.3) is 0 Å². The van der Waals surface area contributed by atoms with E-state index in [2.05, 4.69) is 0 Å². The Balaban J connectivity index is 0.000001000. The molecule has 0 aromatic heterocycles. The van der Waals surface area contributed by atoms with Crippen LogP contribution < -0.4 is 5.73 Å². The van der Waals surface area contributed by atoms with Crippen LogP contribution in [0, 0.1) is 5.82 Å². The van der Waals surface area contributed by atoms with Gasteiger partial charge < -0.3 is 5.73 Å². The Bertz CT molecular complexity index is 225. The summed E-state index contributed by atoms with van der Waals surface area (Å²) in [5.41, 5.74) is 6.35. The minimum atomic E-state index is -0.227. The molecule has 0 amide bonds.